The number of thiazole rings is 1. The van der Waals surface area contributed by atoms with Crippen LogP contribution in [-0.4, -0.2) is 22.6 Å². The highest BCUT2D eigenvalue weighted by atomic mass is 32.1. The van der Waals surface area contributed by atoms with E-state index in [1.54, 1.807) is 4.40 Å². The number of ether oxygens (including phenoxy) is 2. The van der Waals surface area contributed by atoms with E-state index >= 15 is 0 Å². The van der Waals surface area contributed by atoms with Crippen molar-refractivity contribution < 1.29 is 9.47 Å². The van der Waals surface area contributed by atoms with Crippen molar-refractivity contribution >= 4 is 33.4 Å². The number of rotatable bonds is 7. The van der Waals surface area contributed by atoms with Gasteiger partial charge in [-0.15, -0.1) is 0 Å². The maximum absolute atomic E-state index is 12.8. The van der Waals surface area contributed by atoms with Gasteiger partial charge in [0, 0.05) is 6.42 Å². The third kappa shape index (κ3) is 4.15. The van der Waals surface area contributed by atoms with Crippen molar-refractivity contribution in [1.29, 1.82) is 0 Å². The summed E-state index contributed by atoms with van der Waals surface area (Å²) in [4.78, 5) is 18.1. The Bertz CT molecular complexity index is 1420. The highest BCUT2D eigenvalue weighted by Crippen LogP contribution is 2.17. The summed E-state index contributed by atoms with van der Waals surface area (Å²) in [5.41, 5.74) is 2.60. The molecule has 6 heteroatoms. The fourth-order valence-corrected chi connectivity index (χ4v) is 4.37. The summed E-state index contributed by atoms with van der Waals surface area (Å²) in [6.45, 7) is 1.19. The van der Waals surface area contributed by atoms with E-state index in [9.17, 15) is 4.79 Å². The molecule has 0 radical (unpaired) electrons. The second kappa shape index (κ2) is 8.62. The Balaban J connectivity index is 1.23. The Kier molecular flexibility index (Phi) is 5.37. The van der Waals surface area contributed by atoms with E-state index in [1.807, 2.05) is 84.9 Å². The highest BCUT2D eigenvalue weighted by molar-refractivity contribution is 7.15. The van der Waals surface area contributed by atoms with Crippen molar-refractivity contribution in [2.45, 2.75) is 6.42 Å². The van der Waals surface area contributed by atoms with Gasteiger partial charge in [0.25, 0.3) is 5.56 Å². The molecule has 0 saturated carbocycles. The van der Waals surface area contributed by atoms with Gasteiger partial charge in [-0.25, -0.2) is 9.38 Å². The quantitative estimate of drug-likeness (QED) is 0.363. The van der Waals surface area contributed by atoms with Crippen molar-refractivity contribution in [3.8, 4) is 11.5 Å². The highest BCUT2D eigenvalue weighted by Gasteiger charge is 2.10. The molecule has 0 aliphatic rings. The van der Waals surface area contributed by atoms with Crippen molar-refractivity contribution in [2.75, 3.05) is 13.2 Å². The van der Waals surface area contributed by atoms with E-state index in [4.69, 9.17) is 9.47 Å². The lowest BCUT2D eigenvalue weighted by molar-refractivity contribution is 0.247. The number of para-hydroxylation sites is 3. The first kappa shape index (κ1) is 19.3. The van der Waals surface area contributed by atoms with E-state index in [-0.39, 0.29) is 5.56 Å². The lowest BCUT2D eigenvalue weighted by atomic mass is 10.2. The smallest absolute Gasteiger partial charge is 0.274 e. The predicted octanol–water partition coefficient (Wildman–Crippen LogP) is 4.30. The van der Waals surface area contributed by atoms with Crippen LogP contribution in [0.4, 0.5) is 0 Å². The monoisotopic (exact) mass is 428 g/mol. The fraction of sp³-hybridized carbons (Fsp3) is 0.120. The van der Waals surface area contributed by atoms with Crippen LogP contribution in [0.5, 0.6) is 11.5 Å². The van der Waals surface area contributed by atoms with Crippen LogP contribution in [-0.2, 0) is 0 Å². The van der Waals surface area contributed by atoms with Gasteiger partial charge in [-0.3, -0.25) is 4.79 Å². The molecule has 31 heavy (non-hydrogen) atoms. The van der Waals surface area contributed by atoms with Gasteiger partial charge in [0.15, 0.2) is 4.96 Å². The molecule has 0 amide bonds. The third-order valence-corrected chi connectivity index (χ3v) is 5.86. The molecule has 0 aliphatic carbocycles. The Hall–Kier alpha value is -3.64. The van der Waals surface area contributed by atoms with E-state index in [1.165, 1.54) is 11.3 Å². The molecule has 0 bridgehead atoms. The van der Waals surface area contributed by atoms with Crippen LogP contribution >= 0.6 is 11.3 Å². The minimum atomic E-state index is -0.0348. The van der Waals surface area contributed by atoms with E-state index in [2.05, 4.69) is 4.98 Å². The Morgan fingerprint density at radius 1 is 0.839 bits per heavy atom. The van der Waals surface area contributed by atoms with Crippen LogP contribution < -0.4 is 19.6 Å². The van der Waals surface area contributed by atoms with Gasteiger partial charge in [-0.05, 0) is 48.0 Å². The van der Waals surface area contributed by atoms with Crippen molar-refractivity contribution in [3.05, 3.63) is 99.3 Å². The number of nitrogens with zero attached hydrogens (tertiary/aromatic N) is 2. The van der Waals surface area contributed by atoms with Crippen molar-refractivity contribution in [1.82, 2.24) is 9.38 Å². The van der Waals surface area contributed by atoms with E-state index < -0.39 is 0 Å². The van der Waals surface area contributed by atoms with Crippen LogP contribution in [0.15, 0.2) is 83.7 Å². The average molecular weight is 429 g/mol. The first-order chi connectivity index (χ1) is 15.3. The maximum Gasteiger partial charge on any atom is 0.274 e. The average Bonchev–Trinajstić information content (AvgIpc) is 3.31. The molecule has 0 saturated heterocycles. The Labute approximate surface area is 182 Å². The zero-order chi connectivity index (χ0) is 21.0. The number of benzene rings is 3. The lowest BCUT2D eigenvalue weighted by Crippen LogP contribution is -2.22. The molecule has 0 aliphatic heterocycles. The standard InChI is InChI=1S/C25H20N2O3S/c28-24-23(31-25-26-21-9-4-5-10-22(21)27(24)25)17-18-11-13-20(14-12-18)30-16-6-15-29-19-7-2-1-3-8-19/h1-5,7-14,17H,6,15-16H2/b23-17-. The second-order valence-electron chi connectivity index (χ2n) is 7.07. The van der Waals surface area contributed by atoms with Gasteiger partial charge in [-0.2, -0.15) is 0 Å². The zero-order valence-corrected chi connectivity index (χ0v) is 17.5. The van der Waals surface area contributed by atoms with E-state index in [0.717, 1.165) is 39.5 Å². The van der Waals surface area contributed by atoms with Crippen LogP contribution in [0.1, 0.15) is 12.0 Å². The van der Waals surface area contributed by atoms with Gasteiger partial charge in [0.1, 0.15) is 11.5 Å². The lowest BCUT2D eigenvalue weighted by Gasteiger charge is -2.08. The van der Waals surface area contributed by atoms with Gasteiger partial charge in [0.2, 0.25) is 0 Å². The largest absolute Gasteiger partial charge is 0.493 e. The molecule has 0 unspecified atom stereocenters. The summed E-state index contributed by atoms with van der Waals surface area (Å²) in [6, 6.07) is 25.2. The van der Waals surface area contributed by atoms with Crippen molar-refractivity contribution in [3.63, 3.8) is 0 Å². The minimum Gasteiger partial charge on any atom is -0.493 e. The normalized spacial score (nSPS) is 11.9. The molecule has 5 aromatic rings. The zero-order valence-electron chi connectivity index (χ0n) is 16.7. The molecule has 2 aromatic heterocycles. The van der Waals surface area contributed by atoms with Crippen LogP contribution in [0.3, 0.4) is 0 Å². The summed E-state index contributed by atoms with van der Waals surface area (Å²) in [5.74, 6) is 1.67. The molecule has 5 nitrogen and oxygen atoms in total. The second-order valence-corrected chi connectivity index (χ2v) is 8.08. The Morgan fingerprint density at radius 2 is 1.52 bits per heavy atom. The SMILES string of the molecule is O=c1/c(=C/c2ccc(OCCCOc3ccccc3)cc2)sc2nc3ccccc3n12. The topological polar surface area (TPSA) is 52.8 Å². The van der Waals surface area contributed by atoms with Gasteiger partial charge in [-0.1, -0.05) is 53.8 Å². The number of hydrogen-bond acceptors (Lipinski definition) is 5. The minimum absolute atomic E-state index is 0.0348. The maximum atomic E-state index is 12.8. The Morgan fingerprint density at radius 3 is 2.29 bits per heavy atom. The first-order valence-electron chi connectivity index (χ1n) is 10.1. The molecule has 0 atom stereocenters. The molecular weight excluding hydrogens is 408 g/mol. The molecule has 0 N–H and O–H groups in total. The summed E-state index contributed by atoms with van der Waals surface area (Å²) in [7, 11) is 0. The molecule has 0 spiro atoms. The van der Waals surface area contributed by atoms with Crippen LogP contribution in [0.2, 0.25) is 0 Å². The summed E-state index contributed by atoms with van der Waals surface area (Å²) in [5, 5.41) is 0. The summed E-state index contributed by atoms with van der Waals surface area (Å²) < 4.78 is 13.8. The van der Waals surface area contributed by atoms with Crippen LogP contribution in [0.25, 0.3) is 22.1 Å². The van der Waals surface area contributed by atoms with E-state index in [0.29, 0.717) is 17.7 Å². The van der Waals surface area contributed by atoms with Gasteiger partial charge < -0.3 is 9.47 Å². The number of fused-ring (bicyclic) bond motifs is 3. The molecule has 3 aromatic carbocycles. The predicted molar refractivity (Wildman–Crippen MR) is 124 cm³/mol. The van der Waals surface area contributed by atoms with Gasteiger partial charge >= 0.3 is 0 Å². The van der Waals surface area contributed by atoms with Crippen molar-refractivity contribution in [2.24, 2.45) is 0 Å². The molecule has 2 heterocycles. The summed E-state index contributed by atoms with van der Waals surface area (Å²) >= 11 is 1.40. The number of aromatic nitrogens is 2. The van der Waals surface area contributed by atoms with Crippen LogP contribution in [0, 0.1) is 0 Å². The number of hydrogen-bond donors (Lipinski definition) is 0. The van der Waals surface area contributed by atoms with Gasteiger partial charge in [0.05, 0.1) is 28.8 Å². The molecular formula is C25H20N2O3S. The molecule has 154 valence electrons. The third-order valence-electron chi connectivity index (χ3n) is 4.89. The summed E-state index contributed by atoms with van der Waals surface area (Å²) in [6.07, 6.45) is 2.69. The molecule has 5 rings (SSSR count). The fourth-order valence-electron chi connectivity index (χ4n) is 3.38. The molecule has 0 fully saturated rings. The first-order valence-corrected chi connectivity index (χ1v) is 10.9. The number of imidazole rings is 1.